The van der Waals surface area contributed by atoms with Crippen LogP contribution in [0, 0.1) is 12.8 Å². The van der Waals surface area contributed by atoms with E-state index < -0.39 is 0 Å². The predicted octanol–water partition coefficient (Wildman–Crippen LogP) is 4.02. The Bertz CT molecular complexity index is 1050. The molecule has 0 bridgehead atoms. The van der Waals surface area contributed by atoms with Crippen molar-refractivity contribution in [1.82, 2.24) is 10.3 Å². The minimum absolute atomic E-state index is 0.142. The SMILES string of the molecule is Cc1c(NC(=O)c2ccc(OCC3CC3)cc2)ccc2cc(CNCCCN)cnc12. The molecule has 1 aliphatic rings. The number of aryl methyl sites for hydroxylation is 1. The van der Waals surface area contributed by atoms with Crippen LogP contribution in [-0.4, -0.2) is 30.6 Å². The maximum Gasteiger partial charge on any atom is 0.255 e. The van der Waals surface area contributed by atoms with Crippen molar-refractivity contribution < 1.29 is 9.53 Å². The second-order valence-corrected chi connectivity index (χ2v) is 8.21. The molecule has 1 fully saturated rings. The van der Waals surface area contributed by atoms with Gasteiger partial charge in [0.2, 0.25) is 0 Å². The number of carbonyl (C=O) groups excluding carboxylic acids is 1. The molecule has 0 radical (unpaired) electrons. The topological polar surface area (TPSA) is 89.3 Å². The number of anilines is 1. The van der Waals surface area contributed by atoms with E-state index in [1.165, 1.54) is 12.8 Å². The molecule has 1 saturated carbocycles. The first-order chi connectivity index (χ1) is 15.1. The van der Waals surface area contributed by atoms with Crippen LogP contribution < -0.4 is 21.1 Å². The Hall–Kier alpha value is -2.96. The molecule has 0 spiro atoms. The number of benzene rings is 2. The van der Waals surface area contributed by atoms with Crippen molar-refractivity contribution >= 4 is 22.5 Å². The maximum atomic E-state index is 12.7. The van der Waals surface area contributed by atoms with E-state index in [9.17, 15) is 4.79 Å². The molecule has 1 aromatic heterocycles. The van der Waals surface area contributed by atoms with Crippen LogP contribution in [0.2, 0.25) is 0 Å². The van der Waals surface area contributed by atoms with Crippen molar-refractivity contribution in [3.05, 3.63) is 65.4 Å². The summed E-state index contributed by atoms with van der Waals surface area (Å²) >= 11 is 0. The van der Waals surface area contributed by atoms with Gasteiger partial charge in [-0.2, -0.15) is 0 Å². The van der Waals surface area contributed by atoms with E-state index >= 15 is 0 Å². The molecule has 3 aromatic rings. The summed E-state index contributed by atoms with van der Waals surface area (Å²) in [6, 6.07) is 13.4. The van der Waals surface area contributed by atoms with Crippen molar-refractivity contribution in [2.75, 3.05) is 25.0 Å². The predicted molar refractivity (Wildman–Crippen MR) is 124 cm³/mol. The number of hydrogen-bond acceptors (Lipinski definition) is 5. The van der Waals surface area contributed by atoms with E-state index in [0.717, 1.165) is 59.6 Å². The monoisotopic (exact) mass is 418 g/mol. The van der Waals surface area contributed by atoms with Crippen molar-refractivity contribution in [3.63, 3.8) is 0 Å². The highest BCUT2D eigenvalue weighted by molar-refractivity contribution is 6.06. The summed E-state index contributed by atoms with van der Waals surface area (Å²) in [4.78, 5) is 17.4. The Morgan fingerprint density at radius 1 is 1.19 bits per heavy atom. The highest BCUT2D eigenvalue weighted by Gasteiger charge is 2.21. The first kappa shape index (κ1) is 21.3. The van der Waals surface area contributed by atoms with Gasteiger partial charge in [0.05, 0.1) is 12.1 Å². The quantitative estimate of drug-likeness (QED) is 0.433. The van der Waals surface area contributed by atoms with E-state index in [0.29, 0.717) is 18.0 Å². The molecule has 1 heterocycles. The van der Waals surface area contributed by atoms with Gasteiger partial charge in [0.15, 0.2) is 0 Å². The molecule has 4 rings (SSSR count). The maximum absolute atomic E-state index is 12.7. The minimum atomic E-state index is -0.142. The van der Waals surface area contributed by atoms with Crippen LogP contribution in [0.3, 0.4) is 0 Å². The Morgan fingerprint density at radius 2 is 2.00 bits per heavy atom. The summed E-state index contributed by atoms with van der Waals surface area (Å²) < 4.78 is 5.75. The second kappa shape index (κ2) is 9.90. The minimum Gasteiger partial charge on any atom is -0.493 e. The van der Waals surface area contributed by atoms with Crippen LogP contribution in [0.5, 0.6) is 5.75 Å². The average molecular weight is 419 g/mol. The van der Waals surface area contributed by atoms with Crippen molar-refractivity contribution in [3.8, 4) is 5.75 Å². The molecule has 2 aromatic carbocycles. The highest BCUT2D eigenvalue weighted by atomic mass is 16.5. The van der Waals surface area contributed by atoms with Crippen molar-refractivity contribution in [1.29, 1.82) is 0 Å². The fraction of sp³-hybridized carbons (Fsp3) is 0.360. The highest BCUT2D eigenvalue weighted by Crippen LogP contribution is 2.29. The van der Waals surface area contributed by atoms with Crippen molar-refractivity contribution in [2.24, 2.45) is 11.7 Å². The van der Waals surface area contributed by atoms with Crippen LogP contribution in [0.15, 0.2) is 48.7 Å². The Balaban J connectivity index is 1.41. The molecule has 6 nitrogen and oxygen atoms in total. The zero-order valence-electron chi connectivity index (χ0n) is 18.0. The van der Waals surface area contributed by atoms with Gasteiger partial charge < -0.3 is 21.1 Å². The van der Waals surface area contributed by atoms with Crippen LogP contribution >= 0.6 is 0 Å². The van der Waals surface area contributed by atoms with E-state index in [4.69, 9.17) is 10.5 Å². The van der Waals surface area contributed by atoms with Crippen LogP contribution in [0.4, 0.5) is 5.69 Å². The van der Waals surface area contributed by atoms with E-state index in [1.54, 1.807) is 12.1 Å². The number of hydrogen-bond donors (Lipinski definition) is 3. The summed E-state index contributed by atoms with van der Waals surface area (Å²) in [5.41, 5.74) is 9.88. The van der Waals surface area contributed by atoms with Gasteiger partial charge in [-0.3, -0.25) is 9.78 Å². The largest absolute Gasteiger partial charge is 0.493 e. The number of ether oxygens (including phenoxy) is 1. The van der Waals surface area contributed by atoms with Gasteiger partial charge in [0, 0.05) is 29.4 Å². The summed E-state index contributed by atoms with van der Waals surface area (Å²) in [5.74, 6) is 1.37. The number of aromatic nitrogens is 1. The van der Waals surface area contributed by atoms with Gasteiger partial charge in [-0.05, 0) is 92.7 Å². The number of fused-ring (bicyclic) bond motifs is 1. The first-order valence-corrected chi connectivity index (χ1v) is 11.0. The van der Waals surface area contributed by atoms with E-state index in [2.05, 4.69) is 21.7 Å². The zero-order valence-corrected chi connectivity index (χ0v) is 18.0. The third kappa shape index (κ3) is 5.60. The van der Waals surface area contributed by atoms with Crippen LogP contribution in [-0.2, 0) is 6.54 Å². The summed E-state index contributed by atoms with van der Waals surface area (Å²) in [7, 11) is 0. The van der Waals surface area contributed by atoms with Gasteiger partial charge in [0.1, 0.15) is 5.75 Å². The number of amides is 1. The molecule has 162 valence electrons. The molecule has 0 saturated heterocycles. The number of nitrogens with one attached hydrogen (secondary N) is 2. The number of pyridine rings is 1. The third-order valence-electron chi connectivity index (χ3n) is 5.60. The summed E-state index contributed by atoms with van der Waals surface area (Å²) in [6.07, 6.45) is 5.36. The molecule has 1 aliphatic carbocycles. The molecular weight excluding hydrogens is 388 g/mol. The van der Waals surface area contributed by atoms with Crippen molar-refractivity contribution in [2.45, 2.75) is 32.7 Å². The molecule has 1 amide bonds. The molecule has 0 unspecified atom stereocenters. The van der Waals surface area contributed by atoms with Gasteiger partial charge in [-0.15, -0.1) is 0 Å². The molecule has 0 aliphatic heterocycles. The zero-order chi connectivity index (χ0) is 21.6. The van der Waals surface area contributed by atoms with E-state index in [1.807, 2.05) is 37.4 Å². The molecule has 0 atom stereocenters. The van der Waals surface area contributed by atoms with Crippen LogP contribution in [0.25, 0.3) is 10.9 Å². The Labute approximate surface area is 183 Å². The fourth-order valence-electron chi connectivity index (χ4n) is 3.48. The number of nitrogens with two attached hydrogens (primary N) is 1. The molecular formula is C25H30N4O2. The standard InChI is InChI=1S/C25H30N4O2/c1-17-23(10-7-21-13-19(15-28-24(17)21)14-27-12-2-11-26)29-25(30)20-5-8-22(9-6-20)31-16-18-3-4-18/h5-10,13,15,18,27H,2-4,11-12,14,16,26H2,1H3,(H,29,30). The van der Waals surface area contributed by atoms with E-state index in [-0.39, 0.29) is 5.91 Å². The Morgan fingerprint density at radius 3 is 2.74 bits per heavy atom. The number of rotatable bonds is 10. The molecule has 31 heavy (non-hydrogen) atoms. The third-order valence-corrected chi connectivity index (χ3v) is 5.60. The van der Waals surface area contributed by atoms with Crippen LogP contribution in [0.1, 0.15) is 40.7 Å². The fourth-order valence-corrected chi connectivity index (χ4v) is 3.48. The average Bonchev–Trinajstić information content (AvgIpc) is 3.62. The molecule has 6 heteroatoms. The molecule has 4 N–H and O–H groups in total. The summed E-state index contributed by atoms with van der Waals surface area (Å²) in [5, 5.41) is 7.45. The van der Waals surface area contributed by atoms with Gasteiger partial charge >= 0.3 is 0 Å². The van der Waals surface area contributed by atoms with Gasteiger partial charge in [-0.25, -0.2) is 0 Å². The van der Waals surface area contributed by atoms with Gasteiger partial charge in [-0.1, -0.05) is 6.07 Å². The Kier molecular flexibility index (Phi) is 6.79. The lowest BCUT2D eigenvalue weighted by Crippen LogP contribution is -2.17. The number of carbonyl (C=O) groups is 1. The number of nitrogens with zero attached hydrogens (tertiary/aromatic N) is 1. The lowest BCUT2D eigenvalue weighted by Gasteiger charge is -2.12. The second-order valence-electron chi connectivity index (χ2n) is 8.21. The summed E-state index contributed by atoms with van der Waals surface area (Å²) in [6.45, 7) is 5.10. The normalized spacial score (nSPS) is 13.4. The lowest BCUT2D eigenvalue weighted by atomic mass is 10.1. The van der Waals surface area contributed by atoms with Gasteiger partial charge in [0.25, 0.3) is 5.91 Å². The lowest BCUT2D eigenvalue weighted by molar-refractivity contribution is 0.102. The first-order valence-electron chi connectivity index (χ1n) is 11.0. The smallest absolute Gasteiger partial charge is 0.255 e.